The van der Waals surface area contributed by atoms with Gasteiger partial charge in [0.05, 0.1) is 5.56 Å². The van der Waals surface area contributed by atoms with E-state index in [-0.39, 0.29) is 5.91 Å². The summed E-state index contributed by atoms with van der Waals surface area (Å²) in [5, 5.41) is 0.322. The Labute approximate surface area is 117 Å². The van der Waals surface area contributed by atoms with Crippen LogP contribution in [0, 0.1) is 0 Å². The molecule has 0 radical (unpaired) electrons. The maximum atomic E-state index is 11.8. The molecule has 0 fully saturated rings. The van der Waals surface area contributed by atoms with Gasteiger partial charge < -0.3 is 0 Å². The van der Waals surface area contributed by atoms with Gasteiger partial charge in [-0.25, -0.2) is 0 Å². The molecule has 3 nitrogen and oxygen atoms in total. The summed E-state index contributed by atoms with van der Waals surface area (Å²) in [7, 11) is 0. The van der Waals surface area contributed by atoms with Crippen molar-refractivity contribution >= 4 is 17.9 Å². The Bertz CT molecular complexity index is 516. The van der Waals surface area contributed by atoms with Crippen LogP contribution in [0.5, 0.6) is 0 Å². The predicted octanol–water partition coefficient (Wildman–Crippen LogP) is 3.09. The number of hydrogen-bond donors (Lipinski definition) is 1. The van der Waals surface area contributed by atoms with Gasteiger partial charge in [-0.2, -0.15) is 0 Å². The van der Waals surface area contributed by atoms with Crippen molar-refractivity contribution in [2.24, 2.45) is 0 Å². The van der Waals surface area contributed by atoms with Gasteiger partial charge in [-0.3, -0.25) is 14.5 Å². The van der Waals surface area contributed by atoms with Crippen LogP contribution in [-0.2, 0) is 6.42 Å². The minimum absolute atomic E-state index is 0.0991. The summed E-state index contributed by atoms with van der Waals surface area (Å²) in [5.41, 5.74) is 1.86. The lowest BCUT2D eigenvalue weighted by molar-refractivity contribution is 0.0984. The van der Waals surface area contributed by atoms with Gasteiger partial charge in [0.15, 0.2) is 0 Å². The third-order valence-corrected chi connectivity index (χ3v) is 3.51. The lowest BCUT2D eigenvalue weighted by Crippen LogP contribution is -2.20. The van der Waals surface area contributed by atoms with Gasteiger partial charge >= 0.3 is 0 Å². The van der Waals surface area contributed by atoms with Gasteiger partial charge in [-0.05, 0) is 36.1 Å². The van der Waals surface area contributed by atoms with Crippen LogP contribution in [0.25, 0.3) is 0 Å². The molecule has 0 saturated heterocycles. The maximum absolute atomic E-state index is 11.8. The Hall–Kier alpha value is -1.81. The molecule has 98 valence electrons. The molecule has 2 aromatic rings. The van der Waals surface area contributed by atoms with Crippen molar-refractivity contribution in [2.75, 3.05) is 0 Å². The van der Waals surface area contributed by atoms with Crippen molar-refractivity contribution in [1.29, 1.82) is 0 Å². The summed E-state index contributed by atoms with van der Waals surface area (Å²) in [5.74, 6) is -0.0991. The van der Waals surface area contributed by atoms with E-state index in [0.717, 1.165) is 6.42 Å². The van der Waals surface area contributed by atoms with E-state index in [1.165, 1.54) is 17.5 Å². The zero-order valence-electron chi connectivity index (χ0n) is 10.7. The first-order valence-electron chi connectivity index (χ1n) is 6.15. The topological polar surface area (TPSA) is 42.0 Å². The minimum atomic E-state index is -0.0991. The van der Waals surface area contributed by atoms with Crippen LogP contribution in [0.1, 0.15) is 22.8 Å². The van der Waals surface area contributed by atoms with E-state index >= 15 is 0 Å². The van der Waals surface area contributed by atoms with Crippen LogP contribution < -0.4 is 4.72 Å². The smallest absolute Gasteiger partial charge is 0.262 e. The number of benzene rings is 1. The summed E-state index contributed by atoms with van der Waals surface area (Å²) >= 11 is 1.45. The molecule has 0 spiro atoms. The molecule has 0 aliphatic rings. The summed E-state index contributed by atoms with van der Waals surface area (Å²) in [6, 6.07) is 13.8. The van der Waals surface area contributed by atoms with E-state index in [0.29, 0.717) is 10.8 Å². The number of pyridine rings is 1. The molecule has 4 heteroatoms. The zero-order chi connectivity index (χ0) is 13.5. The third kappa shape index (κ3) is 4.41. The fourth-order valence-electron chi connectivity index (χ4n) is 1.70. The number of carbonyl (C=O) groups is 1. The number of amides is 1. The number of nitrogens with one attached hydrogen (secondary N) is 1. The summed E-state index contributed by atoms with van der Waals surface area (Å²) in [6.07, 6.45) is 4.15. The number of carbonyl (C=O) groups excluding carboxylic acids is 1. The Kier molecular flexibility index (Phi) is 4.98. The van der Waals surface area contributed by atoms with Gasteiger partial charge in [-0.1, -0.05) is 37.3 Å². The number of rotatable bonds is 5. The molecule has 0 aliphatic carbocycles. The highest BCUT2D eigenvalue weighted by Crippen LogP contribution is 2.13. The first-order valence-corrected chi connectivity index (χ1v) is 7.03. The summed E-state index contributed by atoms with van der Waals surface area (Å²) in [6.45, 7) is 2.10. The molecular weight excluding hydrogens is 256 g/mol. The highest BCUT2D eigenvalue weighted by molar-refractivity contribution is 7.98. The van der Waals surface area contributed by atoms with Gasteiger partial charge in [0.25, 0.3) is 5.91 Å². The van der Waals surface area contributed by atoms with Gasteiger partial charge in [0, 0.05) is 17.6 Å². The number of hydrogen-bond acceptors (Lipinski definition) is 3. The van der Waals surface area contributed by atoms with E-state index in [1.54, 1.807) is 24.5 Å². The highest BCUT2D eigenvalue weighted by Gasteiger charge is 2.09. The predicted molar refractivity (Wildman–Crippen MR) is 78.9 cm³/mol. The molecule has 1 unspecified atom stereocenters. The fraction of sp³-hybridized carbons (Fsp3) is 0.200. The Morgan fingerprint density at radius 2 is 2.05 bits per heavy atom. The Morgan fingerprint density at radius 3 is 2.74 bits per heavy atom. The average Bonchev–Trinajstić information content (AvgIpc) is 2.47. The van der Waals surface area contributed by atoms with E-state index in [4.69, 9.17) is 0 Å². The molecule has 2 rings (SSSR count). The highest BCUT2D eigenvalue weighted by atomic mass is 32.2. The van der Waals surface area contributed by atoms with Crippen molar-refractivity contribution in [1.82, 2.24) is 9.71 Å². The monoisotopic (exact) mass is 272 g/mol. The molecule has 1 heterocycles. The normalized spacial score (nSPS) is 11.8. The summed E-state index contributed by atoms with van der Waals surface area (Å²) < 4.78 is 2.86. The summed E-state index contributed by atoms with van der Waals surface area (Å²) in [4.78, 5) is 15.8. The maximum Gasteiger partial charge on any atom is 0.262 e. The molecule has 0 bridgehead atoms. The molecule has 1 amide bonds. The largest absolute Gasteiger partial charge is 0.296 e. The molecule has 1 aromatic heterocycles. The van der Waals surface area contributed by atoms with Crippen LogP contribution in [0.4, 0.5) is 0 Å². The first-order chi connectivity index (χ1) is 9.25. The molecule has 1 atom stereocenters. The van der Waals surface area contributed by atoms with E-state index < -0.39 is 0 Å². The van der Waals surface area contributed by atoms with Crippen molar-refractivity contribution in [2.45, 2.75) is 18.6 Å². The van der Waals surface area contributed by atoms with Gasteiger partial charge in [0.1, 0.15) is 0 Å². The van der Waals surface area contributed by atoms with Crippen molar-refractivity contribution in [3.63, 3.8) is 0 Å². The zero-order valence-corrected chi connectivity index (χ0v) is 11.6. The second-order valence-corrected chi connectivity index (χ2v) is 5.54. The van der Waals surface area contributed by atoms with E-state index in [2.05, 4.69) is 28.8 Å². The first kappa shape index (κ1) is 13.6. The third-order valence-electron chi connectivity index (χ3n) is 2.64. The number of aromatic nitrogens is 1. The SMILES string of the molecule is CC(Cc1ccccc1)SNC(=O)c1cccnc1. The number of nitrogens with zero attached hydrogens (tertiary/aromatic N) is 1. The van der Waals surface area contributed by atoms with Crippen LogP contribution in [0.15, 0.2) is 54.9 Å². The minimum Gasteiger partial charge on any atom is -0.296 e. The fourth-order valence-corrected chi connectivity index (χ4v) is 2.40. The second kappa shape index (κ2) is 6.95. The lowest BCUT2D eigenvalue weighted by Gasteiger charge is -2.11. The van der Waals surface area contributed by atoms with Crippen LogP contribution in [0.3, 0.4) is 0 Å². The van der Waals surface area contributed by atoms with Crippen LogP contribution >= 0.6 is 11.9 Å². The molecule has 1 N–H and O–H groups in total. The molecule has 19 heavy (non-hydrogen) atoms. The van der Waals surface area contributed by atoms with Crippen molar-refractivity contribution in [3.05, 3.63) is 66.0 Å². The van der Waals surface area contributed by atoms with Gasteiger partial charge in [-0.15, -0.1) is 0 Å². The Balaban J connectivity index is 1.81. The van der Waals surface area contributed by atoms with Crippen molar-refractivity contribution < 1.29 is 4.79 Å². The van der Waals surface area contributed by atoms with Crippen molar-refractivity contribution in [3.8, 4) is 0 Å². The Morgan fingerprint density at radius 1 is 1.26 bits per heavy atom. The van der Waals surface area contributed by atoms with E-state index in [1.807, 2.05) is 18.2 Å². The molecule has 1 aromatic carbocycles. The molecule has 0 saturated carbocycles. The van der Waals surface area contributed by atoms with Crippen LogP contribution in [0.2, 0.25) is 0 Å². The van der Waals surface area contributed by atoms with Gasteiger partial charge in [0.2, 0.25) is 0 Å². The molecule has 0 aliphatic heterocycles. The lowest BCUT2D eigenvalue weighted by atomic mass is 10.1. The van der Waals surface area contributed by atoms with Crippen LogP contribution in [-0.4, -0.2) is 16.1 Å². The second-order valence-electron chi connectivity index (χ2n) is 4.29. The standard InChI is InChI=1S/C15H16N2OS/c1-12(10-13-6-3-2-4-7-13)19-17-15(18)14-8-5-9-16-11-14/h2-9,11-12H,10H2,1H3,(H,17,18). The average molecular weight is 272 g/mol. The quantitative estimate of drug-likeness (QED) is 0.850. The van der Waals surface area contributed by atoms with E-state index in [9.17, 15) is 4.79 Å². The molecular formula is C15H16N2OS.